The number of benzene rings is 1. The molecule has 1 aliphatic carbocycles. The van der Waals surface area contributed by atoms with Gasteiger partial charge < -0.3 is 10.2 Å². The third-order valence-electron chi connectivity index (χ3n) is 6.83. The first-order chi connectivity index (χ1) is 15.0. The van der Waals surface area contributed by atoms with Gasteiger partial charge in [-0.3, -0.25) is 4.39 Å². The molecule has 0 radical (unpaired) electrons. The minimum atomic E-state index is -0.305. The van der Waals surface area contributed by atoms with Gasteiger partial charge in [0, 0.05) is 36.0 Å². The lowest BCUT2D eigenvalue weighted by molar-refractivity contribution is 0.143. The molecule has 1 saturated carbocycles. The number of likely N-dealkylation sites (tertiary alicyclic amines) is 1. The van der Waals surface area contributed by atoms with Crippen molar-refractivity contribution in [3.05, 3.63) is 66.1 Å². The maximum absolute atomic E-state index is 15.0. The lowest BCUT2D eigenvalue weighted by atomic mass is 9.83. The van der Waals surface area contributed by atoms with Crippen molar-refractivity contribution in [1.82, 2.24) is 14.7 Å². The molecule has 3 aliphatic rings. The van der Waals surface area contributed by atoms with Gasteiger partial charge in [-0.25, -0.2) is 9.07 Å². The molecule has 2 aromatic rings. The second-order valence-electron chi connectivity index (χ2n) is 8.94. The molecule has 0 amide bonds. The standard InChI is InChI=1S/C25H28F2N4/c1-16-10-24(20-8-9-21(23(27)11-20)19-6-4-3-5-7-19)29-25-22(13-28-31(16)25)17(2)30-14-18(12-26)15-30/h8-11,13,18-19,29H,1-7,12,14-15H2. The minimum Gasteiger partial charge on any atom is -0.370 e. The number of allylic oxidation sites excluding steroid dienone is 2. The average molecular weight is 423 g/mol. The van der Waals surface area contributed by atoms with Gasteiger partial charge in [0.25, 0.3) is 0 Å². The number of fused-ring (bicyclic) bond motifs is 1. The Balaban J connectivity index is 1.39. The van der Waals surface area contributed by atoms with Gasteiger partial charge >= 0.3 is 0 Å². The van der Waals surface area contributed by atoms with Gasteiger partial charge in [-0.2, -0.15) is 5.10 Å². The number of hydrogen-bond acceptors (Lipinski definition) is 3. The topological polar surface area (TPSA) is 33.1 Å². The molecule has 2 aliphatic heterocycles. The van der Waals surface area contributed by atoms with E-state index >= 15 is 4.39 Å². The highest BCUT2D eigenvalue weighted by Gasteiger charge is 2.31. The fraction of sp³-hybridized carbons (Fsp3) is 0.400. The van der Waals surface area contributed by atoms with Crippen molar-refractivity contribution in [3.8, 4) is 0 Å². The summed E-state index contributed by atoms with van der Waals surface area (Å²) in [7, 11) is 0. The van der Waals surface area contributed by atoms with Crippen LogP contribution in [-0.2, 0) is 0 Å². The number of nitrogens with zero attached hydrogens (tertiary/aromatic N) is 3. The Hall–Kier alpha value is -2.89. The molecule has 2 fully saturated rings. The Bertz CT molecular complexity index is 1060. The summed E-state index contributed by atoms with van der Waals surface area (Å²) in [6.07, 6.45) is 9.38. The normalized spacial score (nSPS) is 19.5. The number of anilines is 1. The number of halogens is 2. The summed E-state index contributed by atoms with van der Waals surface area (Å²) in [6.45, 7) is 9.34. The van der Waals surface area contributed by atoms with Crippen LogP contribution in [0.4, 0.5) is 14.6 Å². The summed E-state index contributed by atoms with van der Waals surface area (Å²) in [5.41, 5.74) is 4.76. The summed E-state index contributed by atoms with van der Waals surface area (Å²) in [5, 5.41) is 7.83. The van der Waals surface area contributed by atoms with Crippen LogP contribution >= 0.6 is 0 Å². The summed E-state index contributed by atoms with van der Waals surface area (Å²) in [6, 6.07) is 5.55. The Morgan fingerprint density at radius 3 is 2.68 bits per heavy atom. The third-order valence-corrected chi connectivity index (χ3v) is 6.83. The van der Waals surface area contributed by atoms with E-state index in [0.29, 0.717) is 24.7 Å². The van der Waals surface area contributed by atoms with Crippen LogP contribution in [0.15, 0.2) is 43.6 Å². The Kier molecular flexibility index (Phi) is 5.16. The molecule has 1 aromatic carbocycles. The molecule has 31 heavy (non-hydrogen) atoms. The van der Waals surface area contributed by atoms with Crippen LogP contribution in [0, 0.1) is 11.7 Å². The first kappa shape index (κ1) is 20.0. The zero-order valence-electron chi connectivity index (χ0n) is 17.7. The van der Waals surface area contributed by atoms with Gasteiger partial charge in [0.05, 0.1) is 24.1 Å². The van der Waals surface area contributed by atoms with E-state index in [4.69, 9.17) is 0 Å². The first-order valence-corrected chi connectivity index (χ1v) is 11.1. The number of nitrogens with one attached hydrogen (secondary N) is 1. The maximum Gasteiger partial charge on any atom is 0.143 e. The highest BCUT2D eigenvalue weighted by Crippen LogP contribution is 2.38. The zero-order chi connectivity index (χ0) is 21.5. The molecule has 0 spiro atoms. The fourth-order valence-electron chi connectivity index (χ4n) is 4.94. The van der Waals surface area contributed by atoms with Crippen molar-refractivity contribution in [2.24, 2.45) is 5.92 Å². The highest BCUT2D eigenvalue weighted by molar-refractivity contribution is 5.90. The van der Waals surface area contributed by atoms with Gasteiger partial charge in [0.1, 0.15) is 11.6 Å². The molecule has 4 nitrogen and oxygen atoms in total. The summed E-state index contributed by atoms with van der Waals surface area (Å²) in [5.74, 6) is 1.02. The summed E-state index contributed by atoms with van der Waals surface area (Å²) in [4.78, 5) is 2.06. The van der Waals surface area contributed by atoms with E-state index in [0.717, 1.165) is 46.7 Å². The molecule has 3 heterocycles. The summed E-state index contributed by atoms with van der Waals surface area (Å²) < 4.78 is 29.6. The second kappa shape index (κ2) is 7.98. The van der Waals surface area contributed by atoms with Gasteiger partial charge in [-0.1, -0.05) is 44.6 Å². The van der Waals surface area contributed by atoms with Crippen molar-refractivity contribution in [2.75, 3.05) is 25.1 Å². The van der Waals surface area contributed by atoms with Crippen molar-refractivity contribution in [3.63, 3.8) is 0 Å². The zero-order valence-corrected chi connectivity index (χ0v) is 17.7. The predicted molar refractivity (Wildman–Crippen MR) is 121 cm³/mol. The lowest BCUT2D eigenvalue weighted by Gasteiger charge is -2.40. The average Bonchev–Trinajstić information content (AvgIpc) is 3.18. The van der Waals surface area contributed by atoms with E-state index in [1.807, 2.05) is 18.2 Å². The number of rotatable bonds is 5. The molecule has 0 unspecified atom stereocenters. The first-order valence-electron chi connectivity index (χ1n) is 11.1. The molecule has 6 heteroatoms. The molecule has 1 saturated heterocycles. The number of alkyl halides is 1. The number of hydrogen-bond donors (Lipinski definition) is 1. The minimum absolute atomic E-state index is 0.0761. The SMILES string of the molecule is C=C(c1cnn2c1NC(c1ccc(C3CCCCC3)c(F)c1)=CC2=C)N1CC(CF)C1. The molecule has 0 atom stereocenters. The number of aromatic nitrogens is 2. The molecular formula is C25H28F2N4. The van der Waals surface area contributed by atoms with E-state index in [-0.39, 0.29) is 18.4 Å². The van der Waals surface area contributed by atoms with E-state index in [9.17, 15) is 4.39 Å². The van der Waals surface area contributed by atoms with Crippen LogP contribution in [0.5, 0.6) is 0 Å². The molecule has 5 rings (SSSR count). The van der Waals surface area contributed by atoms with Gasteiger partial charge in [-0.15, -0.1) is 0 Å². The largest absolute Gasteiger partial charge is 0.370 e. The van der Waals surface area contributed by atoms with E-state index in [1.165, 1.54) is 19.3 Å². The predicted octanol–water partition coefficient (Wildman–Crippen LogP) is 5.88. The Morgan fingerprint density at radius 2 is 1.97 bits per heavy atom. The van der Waals surface area contributed by atoms with Crippen molar-refractivity contribution < 1.29 is 8.78 Å². The monoisotopic (exact) mass is 422 g/mol. The van der Waals surface area contributed by atoms with Crippen LogP contribution in [-0.4, -0.2) is 34.4 Å². The third kappa shape index (κ3) is 3.58. The van der Waals surface area contributed by atoms with Crippen molar-refractivity contribution >= 4 is 22.9 Å². The highest BCUT2D eigenvalue weighted by atomic mass is 19.1. The van der Waals surface area contributed by atoms with Gasteiger partial charge in [0.15, 0.2) is 0 Å². The van der Waals surface area contributed by atoms with E-state index in [1.54, 1.807) is 16.9 Å². The van der Waals surface area contributed by atoms with Crippen LogP contribution in [0.25, 0.3) is 17.1 Å². The van der Waals surface area contributed by atoms with Gasteiger partial charge in [-0.05, 0) is 36.5 Å². The fourth-order valence-corrected chi connectivity index (χ4v) is 4.94. The van der Waals surface area contributed by atoms with Crippen LogP contribution in [0.3, 0.4) is 0 Å². The van der Waals surface area contributed by atoms with Crippen molar-refractivity contribution in [1.29, 1.82) is 0 Å². The van der Waals surface area contributed by atoms with Gasteiger partial charge in [0.2, 0.25) is 0 Å². The Labute approximate surface area is 181 Å². The van der Waals surface area contributed by atoms with E-state index < -0.39 is 0 Å². The van der Waals surface area contributed by atoms with Crippen LogP contribution < -0.4 is 5.32 Å². The molecule has 1 aromatic heterocycles. The summed E-state index contributed by atoms with van der Waals surface area (Å²) >= 11 is 0. The van der Waals surface area contributed by atoms with Crippen LogP contribution in [0.2, 0.25) is 0 Å². The van der Waals surface area contributed by atoms with E-state index in [2.05, 4.69) is 28.5 Å². The molecule has 162 valence electrons. The Morgan fingerprint density at radius 1 is 1.19 bits per heavy atom. The smallest absolute Gasteiger partial charge is 0.143 e. The van der Waals surface area contributed by atoms with Crippen LogP contribution in [0.1, 0.15) is 54.7 Å². The quantitative estimate of drug-likeness (QED) is 0.653. The second-order valence-corrected chi connectivity index (χ2v) is 8.94. The molecule has 0 bridgehead atoms. The lowest BCUT2D eigenvalue weighted by Crippen LogP contribution is -2.46. The van der Waals surface area contributed by atoms with Crippen molar-refractivity contribution in [2.45, 2.75) is 38.0 Å². The molecule has 1 N–H and O–H groups in total. The maximum atomic E-state index is 15.0. The molecular weight excluding hydrogens is 394 g/mol.